The third-order valence-electron chi connectivity index (χ3n) is 4.59. The molecule has 3 aromatic carbocycles. The van der Waals surface area contributed by atoms with Gasteiger partial charge in [-0.05, 0) is 42.5 Å². The molecular formula is C21H12ClN3O2. The molecule has 0 amide bonds. The quantitative estimate of drug-likeness (QED) is 0.420. The van der Waals surface area contributed by atoms with Gasteiger partial charge in [0.15, 0.2) is 0 Å². The number of halogens is 1. The van der Waals surface area contributed by atoms with E-state index >= 15 is 0 Å². The van der Waals surface area contributed by atoms with Crippen molar-refractivity contribution in [1.29, 1.82) is 0 Å². The molecule has 0 saturated heterocycles. The van der Waals surface area contributed by atoms with E-state index < -0.39 is 0 Å². The van der Waals surface area contributed by atoms with Gasteiger partial charge in [0.2, 0.25) is 11.1 Å². The first-order chi connectivity index (χ1) is 13.1. The molecule has 0 radical (unpaired) electrons. The van der Waals surface area contributed by atoms with Gasteiger partial charge in [-0.15, -0.1) is 0 Å². The van der Waals surface area contributed by atoms with Gasteiger partial charge in [0.25, 0.3) is 5.56 Å². The summed E-state index contributed by atoms with van der Waals surface area (Å²) in [6, 6.07) is 21.5. The molecule has 0 saturated carbocycles. The first-order valence-corrected chi connectivity index (χ1v) is 8.74. The Morgan fingerprint density at radius 3 is 2.37 bits per heavy atom. The van der Waals surface area contributed by atoms with Crippen LogP contribution in [-0.4, -0.2) is 14.2 Å². The lowest BCUT2D eigenvalue weighted by Crippen LogP contribution is -2.29. The van der Waals surface area contributed by atoms with E-state index in [-0.39, 0.29) is 16.6 Å². The summed E-state index contributed by atoms with van der Waals surface area (Å²) in [5.74, 6) is 0. The maximum Gasteiger partial charge on any atom is 0.281 e. The molecule has 0 N–H and O–H groups in total. The molecule has 5 aromatic rings. The summed E-state index contributed by atoms with van der Waals surface area (Å²) in [7, 11) is 0. The largest absolute Gasteiger partial charge is 0.285 e. The molecule has 5 nitrogen and oxygen atoms in total. The number of nitrogens with zero attached hydrogens (tertiary/aromatic N) is 3. The van der Waals surface area contributed by atoms with Crippen molar-refractivity contribution in [2.24, 2.45) is 0 Å². The van der Waals surface area contributed by atoms with Gasteiger partial charge in [-0.25, -0.2) is 9.67 Å². The van der Waals surface area contributed by atoms with Gasteiger partial charge < -0.3 is 0 Å². The van der Waals surface area contributed by atoms with Crippen molar-refractivity contribution in [2.75, 3.05) is 0 Å². The Labute approximate surface area is 157 Å². The van der Waals surface area contributed by atoms with E-state index in [9.17, 15) is 9.59 Å². The SMILES string of the molecule is O=c1c2ccccc2n(-c2ccccc2)n2c(=O)c3ccc(Cl)cc3nc12. The zero-order valence-electron chi connectivity index (χ0n) is 14.0. The predicted octanol–water partition coefficient (Wildman–Crippen LogP) is 3.81. The highest BCUT2D eigenvalue weighted by molar-refractivity contribution is 6.31. The van der Waals surface area contributed by atoms with Crippen LogP contribution >= 0.6 is 11.6 Å². The second-order valence-electron chi connectivity index (χ2n) is 6.21. The minimum atomic E-state index is -0.321. The number of fused-ring (bicyclic) bond motifs is 3. The van der Waals surface area contributed by atoms with Crippen molar-refractivity contribution >= 4 is 39.1 Å². The molecule has 0 bridgehead atoms. The fourth-order valence-corrected chi connectivity index (χ4v) is 3.55. The maximum absolute atomic E-state index is 13.3. The zero-order valence-corrected chi connectivity index (χ0v) is 14.7. The monoisotopic (exact) mass is 373 g/mol. The number of hydrogen-bond acceptors (Lipinski definition) is 3. The van der Waals surface area contributed by atoms with Crippen molar-refractivity contribution < 1.29 is 0 Å². The maximum atomic E-state index is 13.3. The Morgan fingerprint density at radius 1 is 0.815 bits per heavy atom. The van der Waals surface area contributed by atoms with Gasteiger partial charge in [0.05, 0.1) is 27.5 Å². The number of para-hydroxylation sites is 2. The second-order valence-corrected chi connectivity index (χ2v) is 6.64. The Bertz CT molecular complexity index is 1470. The van der Waals surface area contributed by atoms with Gasteiger partial charge in [-0.1, -0.05) is 41.9 Å². The molecule has 5 rings (SSSR count). The molecule has 0 unspecified atom stereocenters. The second kappa shape index (κ2) is 5.79. The molecule has 0 spiro atoms. The standard InChI is InChI=1S/C21H12ClN3O2/c22-13-10-11-15-17(12-13)23-20-19(26)16-8-4-5-9-18(16)24(25(20)21(15)27)14-6-2-1-3-7-14/h1-12H. The summed E-state index contributed by atoms with van der Waals surface area (Å²) in [6.45, 7) is 0. The Hall–Kier alpha value is -3.44. The lowest BCUT2D eigenvalue weighted by atomic mass is 10.2. The topological polar surface area (TPSA) is 56.4 Å². The van der Waals surface area contributed by atoms with E-state index in [2.05, 4.69) is 4.98 Å². The first-order valence-electron chi connectivity index (χ1n) is 8.36. The van der Waals surface area contributed by atoms with Crippen LogP contribution in [0.1, 0.15) is 0 Å². The molecule has 0 aliphatic rings. The van der Waals surface area contributed by atoms with E-state index in [1.807, 2.05) is 42.5 Å². The van der Waals surface area contributed by atoms with Gasteiger partial charge in [0, 0.05) is 5.02 Å². The van der Waals surface area contributed by atoms with Gasteiger partial charge >= 0.3 is 0 Å². The van der Waals surface area contributed by atoms with E-state index in [0.717, 1.165) is 5.69 Å². The molecule has 0 aliphatic heterocycles. The Morgan fingerprint density at radius 2 is 1.56 bits per heavy atom. The van der Waals surface area contributed by atoms with Crippen LogP contribution in [-0.2, 0) is 0 Å². The molecule has 2 heterocycles. The summed E-state index contributed by atoms with van der Waals surface area (Å²) in [5, 5.41) is 1.36. The molecule has 0 atom stereocenters. The number of aromatic nitrogens is 3. The Kier molecular flexibility index (Phi) is 3.39. The van der Waals surface area contributed by atoms with Gasteiger partial charge in [-0.2, -0.15) is 4.52 Å². The average molecular weight is 374 g/mol. The van der Waals surface area contributed by atoms with Gasteiger partial charge in [0.1, 0.15) is 0 Å². The summed E-state index contributed by atoms with van der Waals surface area (Å²) < 4.78 is 3.08. The van der Waals surface area contributed by atoms with Crippen LogP contribution in [0.4, 0.5) is 0 Å². The highest BCUT2D eigenvalue weighted by Gasteiger charge is 2.16. The van der Waals surface area contributed by atoms with Crippen molar-refractivity contribution in [3.05, 3.63) is 98.4 Å². The van der Waals surface area contributed by atoms with Crippen molar-refractivity contribution in [3.63, 3.8) is 0 Å². The van der Waals surface area contributed by atoms with E-state index in [0.29, 0.717) is 26.8 Å². The molecule has 0 aliphatic carbocycles. The minimum Gasteiger partial charge on any atom is -0.285 e. The number of benzene rings is 3. The normalized spacial score (nSPS) is 11.4. The summed E-state index contributed by atoms with van der Waals surface area (Å²) in [6.07, 6.45) is 0. The fraction of sp³-hybridized carbons (Fsp3) is 0. The molecule has 130 valence electrons. The molecular weight excluding hydrogens is 362 g/mol. The van der Waals surface area contributed by atoms with Crippen molar-refractivity contribution in [1.82, 2.24) is 14.2 Å². The molecule has 27 heavy (non-hydrogen) atoms. The highest BCUT2D eigenvalue weighted by atomic mass is 35.5. The van der Waals surface area contributed by atoms with E-state index in [1.165, 1.54) is 4.52 Å². The van der Waals surface area contributed by atoms with Crippen molar-refractivity contribution in [3.8, 4) is 5.69 Å². The third-order valence-corrected chi connectivity index (χ3v) is 4.83. The van der Waals surface area contributed by atoms with Crippen LogP contribution < -0.4 is 11.0 Å². The minimum absolute atomic E-state index is 0.0670. The Balaban J connectivity index is 2.14. The molecule has 6 heteroatoms. The zero-order chi connectivity index (χ0) is 18.5. The van der Waals surface area contributed by atoms with Crippen LogP contribution in [0.25, 0.3) is 33.1 Å². The van der Waals surface area contributed by atoms with Crippen molar-refractivity contribution in [2.45, 2.75) is 0 Å². The molecule has 2 aromatic heterocycles. The number of hydrogen-bond donors (Lipinski definition) is 0. The van der Waals surface area contributed by atoms with Crippen LogP contribution in [0.5, 0.6) is 0 Å². The first kappa shape index (κ1) is 15.8. The third kappa shape index (κ3) is 2.29. The van der Waals surface area contributed by atoms with Crippen LogP contribution in [0.3, 0.4) is 0 Å². The van der Waals surface area contributed by atoms with E-state index in [4.69, 9.17) is 11.6 Å². The average Bonchev–Trinajstić information content (AvgIpc) is 2.70. The summed E-state index contributed by atoms with van der Waals surface area (Å²) in [4.78, 5) is 30.9. The van der Waals surface area contributed by atoms with Crippen LogP contribution in [0, 0.1) is 0 Å². The lowest BCUT2D eigenvalue weighted by Gasteiger charge is -2.16. The van der Waals surface area contributed by atoms with Crippen LogP contribution in [0.15, 0.2) is 82.4 Å². The highest BCUT2D eigenvalue weighted by Crippen LogP contribution is 2.19. The predicted molar refractivity (Wildman–Crippen MR) is 107 cm³/mol. The van der Waals surface area contributed by atoms with Gasteiger partial charge in [-0.3, -0.25) is 9.59 Å². The summed E-state index contributed by atoms with van der Waals surface area (Å²) >= 11 is 6.05. The molecule has 0 fully saturated rings. The fourth-order valence-electron chi connectivity index (χ4n) is 3.38. The smallest absolute Gasteiger partial charge is 0.281 e. The lowest BCUT2D eigenvalue weighted by molar-refractivity contribution is 0.772. The van der Waals surface area contributed by atoms with Crippen LogP contribution in [0.2, 0.25) is 5.02 Å². The van der Waals surface area contributed by atoms with E-state index in [1.54, 1.807) is 35.0 Å². The number of rotatable bonds is 1. The summed E-state index contributed by atoms with van der Waals surface area (Å²) in [5.41, 5.74) is 1.25.